The van der Waals surface area contributed by atoms with Gasteiger partial charge in [0.2, 0.25) is 5.91 Å². The minimum absolute atomic E-state index is 0.0532. The largest absolute Gasteiger partial charge is 0.454 e. The molecule has 0 unspecified atom stereocenters. The van der Waals surface area contributed by atoms with Gasteiger partial charge in [-0.15, -0.1) is 0 Å². The summed E-state index contributed by atoms with van der Waals surface area (Å²) in [6.45, 7) is 5.15. The molecule has 4 rings (SSSR count). The molecule has 0 fully saturated rings. The van der Waals surface area contributed by atoms with Gasteiger partial charge in [-0.05, 0) is 48.4 Å². The number of carbonyl (C=O) groups is 2. The first-order valence-electron chi connectivity index (χ1n) is 12.1. The SMILES string of the molecule is C=Cc1nccn1CCCNc1cc(Oc2ccc(NC(=O)NC(=O)Cc3ccc(F)cc3)cc2F)ccn1. The van der Waals surface area contributed by atoms with Crippen molar-refractivity contribution in [2.75, 3.05) is 17.2 Å². The Bertz CT molecular complexity index is 1460. The van der Waals surface area contributed by atoms with E-state index in [-0.39, 0.29) is 17.9 Å². The molecule has 39 heavy (non-hydrogen) atoms. The lowest BCUT2D eigenvalue weighted by Crippen LogP contribution is -2.35. The van der Waals surface area contributed by atoms with Crippen LogP contribution in [0.3, 0.4) is 0 Å². The maximum atomic E-state index is 14.7. The highest BCUT2D eigenvalue weighted by Crippen LogP contribution is 2.27. The number of carbonyl (C=O) groups excluding carboxylic acids is 2. The van der Waals surface area contributed by atoms with Crippen molar-refractivity contribution < 1.29 is 23.1 Å². The van der Waals surface area contributed by atoms with Crippen LogP contribution in [0.1, 0.15) is 17.8 Å². The smallest absolute Gasteiger partial charge is 0.325 e. The molecule has 9 nitrogen and oxygen atoms in total. The number of aryl methyl sites for hydroxylation is 1. The molecule has 0 aliphatic carbocycles. The van der Waals surface area contributed by atoms with Crippen LogP contribution in [0.15, 0.2) is 79.8 Å². The molecular weight excluding hydrogens is 506 g/mol. The molecule has 0 saturated carbocycles. The van der Waals surface area contributed by atoms with Crippen molar-refractivity contribution in [1.29, 1.82) is 0 Å². The number of pyridine rings is 1. The molecule has 11 heteroatoms. The van der Waals surface area contributed by atoms with Crippen molar-refractivity contribution in [2.24, 2.45) is 0 Å². The van der Waals surface area contributed by atoms with Gasteiger partial charge in [0.05, 0.1) is 6.42 Å². The quantitative estimate of drug-likeness (QED) is 0.224. The molecule has 2 heterocycles. The molecule has 2 aromatic carbocycles. The van der Waals surface area contributed by atoms with Gasteiger partial charge in [0.25, 0.3) is 0 Å². The Morgan fingerprint density at radius 1 is 1.03 bits per heavy atom. The van der Waals surface area contributed by atoms with Gasteiger partial charge in [-0.1, -0.05) is 18.7 Å². The Hall–Kier alpha value is -5.06. The number of anilines is 2. The molecule has 0 radical (unpaired) electrons. The number of ether oxygens (including phenoxy) is 1. The molecule has 0 bridgehead atoms. The minimum Gasteiger partial charge on any atom is -0.454 e. The van der Waals surface area contributed by atoms with Crippen LogP contribution in [0.2, 0.25) is 0 Å². The molecule has 0 saturated heterocycles. The van der Waals surface area contributed by atoms with E-state index in [2.05, 4.69) is 32.5 Å². The first kappa shape index (κ1) is 27.0. The monoisotopic (exact) mass is 532 g/mol. The number of imidazole rings is 1. The number of aromatic nitrogens is 3. The van der Waals surface area contributed by atoms with Crippen LogP contribution < -0.4 is 20.7 Å². The Labute approximate surface area is 223 Å². The predicted octanol–water partition coefficient (Wildman–Crippen LogP) is 5.38. The fraction of sp³-hybridized carbons (Fsp3) is 0.143. The maximum Gasteiger partial charge on any atom is 0.325 e. The van der Waals surface area contributed by atoms with Gasteiger partial charge in [0.1, 0.15) is 23.2 Å². The van der Waals surface area contributed by atoms with E-state index in [1.165, 1.54) is 36.4 Å². The number of rotatable bonds is 11. The van der Waals surface area contributed by atoms with Crippen LogP contribution in [0.25, 0.3) is 6.08 Å². The Morgan fingerprint density at radius 3 is 2.62 bits per heavy atom. The molecule has 0 aliphatic rings. The van der Waals surface area contributed by atoms with Crippen LogP contribution in [0.4, 0.5) is 25.1 Å². The van der Waals surface area contributed by atoms with Crippen LogP contribution in [0, 0.1) is 11.6 Å². The van der Waals surface area contributed by atoms with Crippen molar-refractivity contribution in [1.82, 2.24) is 19.9 Å². The summed E-state index contributed by atoms with van der Waals surface area (Å²) in [6.07, 6.45) is 7.57. The van der Waals surface area contributed by atoms with Crippen LogP contribution in [0.5, 0.6) is 11.5 Å². The number of halogens is 2. The second-order valence-corrected chi connectivity index (χ2v) is 8.39. The van der Waals surface area contributed by atoms with Crippen molar-refractivity contribution in [2.45, 2.75) is 19.4 Å². The molecular formula is C28H26F2N6O3. The normalized spacial score (nSPS) is 10.5. The van der Waals surface area contributed by atoms with Crippen LogP contribution in [-0.4, -0.2) is 33.0 Å². The summed E-state index contributed by atoms with van der Waals surface area (Å²) >= 11 is 0. The number of urea groups is 1. The summed E-state index contributed by atoms with van der Waals surface area (Å²) in [5, 5.41) is 7.75. The molecule has 2 aromatic heterocycles. The average Bonchev–Trinajstić information content (AvgIpc) is 3.37. The number of imide groups is 1. The van der Waals surface area contributed by atoms with E-state index in [1.807, 2.05) is 10.8 Å². The van der Waals surface area contributed by atoms with Gasteiger partial charge in [0, 0.05) is 49.5 Å². The Balaban J connectivity index is 1.26. The summed E-state index contributed by atoms with van der Waals surface area (Å²) in [4.78, 5) is 32.6. The highest BCUT2D eigenvalue weighted by molar-refractivity contribution is 6.01. The molecule has 0 atom stereocenters. The third-order valence-electron chi connectivity index (χ3n) is 5.49. The third-order valence-corrected chi connectivity index (χ3v) is 5.49. The number of amides is 3. The Kier molecular flexibility index (Phi) is 8.96. The summed E-state index contributed by atoms with van der Waals surface area (Å²) in [7, 11) is 0. The third kappa shape index (κ3) is 7.96. The van der Waals surface area contributed by atoms with E-state index < -0.39 is 23.6 Å². The van der Waals surface area contributed by atoms with E-state index in [0.717, 1.165) is 24.9 Å². The first-order chi connectivity index (χ1) is 18.9. The summed E-state index contributed by atoms with van der Waals surface area (Å²) in [5.74, 6) is -0.0273. The summed E-state index contributed by atoms with van der Waals surface area (Å²) in [6, 6.07) is 11.6. The molecule has 4 aromatic rings. The van der Waals surface area contributed by atoms with Crippen LogP contribution in [-0.2, 0) is 17.8 Å². The van der Waals surface area contributed by atoms with Gasteiger partial charge >= 0.3 is 6.03 Å². The number of nitrogens with one attached hydrogen (secondary N) is 3. The average molecular weight is 533 g/mol. The lowest BCUT2D eigenvalue weighted by Gasteiger charge is -2.11. The van der Waals surface area contributed by atoms with E-state index in [4.69, 9.17) is 4.74 Å². The number of hydrogen-bond acceptors (Lipinski definition) is 6. The van der Waals surface area contributed by atoms with Gasteiger partial charge in [-0.25, -0.2) is 23.5 Å². The zero-order valence-corrected chi connectivity index (χ0v) is 20.9. The van der Waals surface area contributed by atoms with Crippen molar-refractivity contribution in [3.05, 3.63) is 103 Å². The lowest BCUT2D eigenvalue weighted by atomic mass is 10.1. The van der Waals surface area contributed by atoms with Gasteiger partial charge < -0.3 is 19.9 Å². The topological polar surface area (TPSA) is 110 Å². The van der Waals surface area contributed by atoms with Gasteiger partial charge in [-0.2, -0.15) is 0 Å². The molecule has 200 valence electrons. The standard InChI is InChI=1S/C28H26F2N6O3/c1-2-26-33-13-15-36(26)14-3-11-31-25-18-22(10-12-32-25)39-24-9-8-21(17-23(24)30)34-28(38)35-27(37)16-19-4-6-20(29)7-5-19/h2,4-10,12-13,15,17-18H,1,3,11,14,16H2,(H,31,32)(H2,34,35,37,38). The van der Waals surface area contributed by atoms with Crippen molar-refractivity contribution in [3.8, 4) is 11.5 Å². The van der Waals surface area contributed by atoms with E-state index in [1.54, 1.807) is 30.6 Å². The van der Waals surface area contributed by atoms with E-state index >= 15 is 0 Å². The maximum absolute atomic E-state index is 14.7. The molecule has 3 N–H and O–H groups in total. The highest BCUT2D eigenvalue weighted by atomic mass is 19.1. The summed E-state index contributed by atoms with van der Waals surface area (Å²) in [5.41, 5.74) is 0.668. The molecule has 0 spiro atoms. The fourth-order valence-electron chi connectivity index (χ4n) is 3.65. The van der Waals surface area contributed by atoms with Gasteiger partial charge in [-0.3, -0.25) is 10.1 Å². The van der Waals surface area contributed by atoms with Crippen LogP contribution >= 0.6 is 0 Å². The second-order valence-electron chi connectivity index (χ2n) is 8.39. The highest BCUT2D eigenvalue weighted by Gasteiger charge is 2.12. The summed E-state index contributed by atoms with van der Waals surface area (Å²) < 4.78 is 35.3. The van der Waals surface area contributed by atoms with E-state index in [0.29, 0.717) is 23.7 Å². The Morgan fingerprint density at radius 2 is 1.85 bits per heavy atom. The zero-order valence-electron chi connectivity index (χ0n) is 20.9. The number of benzene rings is 2. The van der Waals surface area contributed by atoms with E-state index in [9.17, 15) is 18.4 Å². The van der Waals surface area contributed by atoms with Crippen molar-refractivity contribution >= 4 is 29.5 Å². The van der Waals surface area contributed by atoms with Crippen molar-refractivity contribution in [3.63, 3.8) is 0 Å². The van der Waals surface area contributed by atoms with Gasteiger partial charge in [0.15, 0.2) is 11.6 Å². The lowest BCUT2D eigenvalue weighted by molar-refractivity contribution is -0.119. The predicted molar refractivity (Wildman–Crippen MR) is 143 cm³/mol. The zero-order chi connectivity index (χ0) is 27.6. The fourth-order valence-corrected chi connectivity index (χ4v) is 3.65. The molecule has 3 amide bonds. The first-order valence-corrected chi connectivity index (χ1v) is 12.1. The number of nitrogens with zero attached hydrogens (tertiary/aromatic N) is 3. The molecule has 0 aliphatic heterocycles. The number of hydrogen-bond donors (Lipinski definition) is 3. The second kappa shape index (κ2) is 13.0. The minimum atomic E-state index is -0.825.